The van der Waals surface area contributed by atoms with Gasteiger partial charge in [0.15, 0.2) is 0 Å². The normalized spacial score (nSPS) is 12.0. The van der Waals surface area contributed by atoms with E-state index >= 15 is 0 Å². The van der Waals surface area contributed by atoms with Crippen LogP contribution in [-0.2, 0) is 0 Å². The minimum Gasteiger partial charge on any atom is -0.346 e. The number of carbonyl (C=O) groups is 1. The van der Waals surface area contributed by atoms with Crippen molar-refractivity contribution in [2.45, 2.75) is 19.9 Å². The summed E-state index contributed by atoms with van der Waals surface area (Å²) in [6.45, 7) is 3.75. The highest BCUT2D eigenvalue weighted by atomic mass is 79.9. The van der Waals surface area contributed by atoms with Crippen LogP contribution < -0.4 is 5.32 Å². The van der Waals surface area contributed by atoms with Crippen LogP contribution in [0, 0.1) is 6.92 Å². The summed E-state index contributed by atoms with van der Waals surface area (Å²) in [5.41, 5.74) is 2.27. The minimum atomic E-state index is -0.162. The number of amides is 1. The summed E-state index contributed by atoms with van der Waals surface area (Å²) in [4.78, 5) is 16.3. The molecule has 1 N–H and O–H groups in total. The summed E-state index contributed by atoms with van der Waals surface area (Å²) in [6, 6.07) is 11.0. The van der Waals surface area contributed by atoms with Crippen LogP contribution in [0.2, 0.25) is 5.15 Å². The van der Waals surface area contributed by atoms with E-state index in [9.17, 15) is 4.79 Å². The van der Waals surface area contributed by atoms with E-state index in [1.807, 2.05) is 31.2 Å². The zero-order valence-corrected chi connectivity index (χ0v) is 13.5. The van der Waals surface area contributed by atoms with Gasteiger partial charge in [-0.25, -0.2) is 4.98 Å². The lowest BCUT2D eigenvalue weighted by Gasteiger charge is -2.15. The molecule has 0 fully saturated rings. The first kappa shape index (κ1) is 15.0. The lowest BCUT2D eigenvalue weighted by Crippen LogP contribution is -2.26. The number of benzene rings is 1. The van der Waals surface area contributed by atoms with E-state index in [4.69, 9.17) is 11.6 Å². The van der Waals surface area contributed by atoms with E-state index in [-0.39, 0.29) is 11.9 Å². The van der Waals surface area contributed by atoms with Gasteiger partial charge in [0, 0.05) is 15.7 Å². The Labute approximate surface area is 131 Å². The van der Waals surface area contributed by atoms with Crippen LogP contribution in [-0.4, -0.2) is 10.9 Å². The summed E-state index contributed by atoms with van der Waals surface area (Å²) >= 11 is 9.29. The first-order valence-electron chi connectivity index (χ1n) is 6.16. The molecule has 1 aromatic carbocycles. The molecule has 1 amide bonds. The highest BCUT2D eigenvalue weighted by molar-refractivity contribution is 9.10. The Hall–Kier alpha value is -1.39. The number of nitrogens with one attached hydrogen (secondary N) is 1. The number of pyridine rings is 1. The molecule has 20 heavy (non-hydrogen) atoms. The van der Waals surface area contributed by atoms with E-state index in [0.717, 1.165) is 15.7 Å². The quantitative estimate of drug-likeness (QED) is 0.836. The number of hydrogen-bond acceptors (Lipinski definition) is 2. The topological polar surface area (TPSA) is 42.0 Å². The fourth-order valence-corrected chi connectivity index (χ4v) is 2.57. The third-order valence-corrected chi connectivity index (χ3v) is 3.57. The SMILES string of the molecule is Cc1cc(C(=O)NC(C)c2cccc(Br)c2)cc(Cl)n1. The molecule has 1 atom stereocenters. The maximum Gasteiger partial charge on any atom is 0.251 e. The smallest absolute Gasteiger partial charge is 0.251 e. The van der Waals surface area contributed by atoms with Gasteiger partial charge in [-0.3, -0.25) is 4.79 Å². The van der Waals surface area contributed by atoms with Crippen molar-refractivity contribution < 1.29 is 4.79 Å². The fraction of sp³-hybridized carbons (Fsp3) is 0.200. The Morgan fingerprint density at radius 3 is 2.75 bits per heavy atom. The Kier molecular flexibility index (Phi) is 4.78. The van der Waals surface area contributed by atoms with Crippen molar-refractivity contribution in [3.63, 3.8) is 0 Å². The number of nitrogens with zero attached hydrogens (tertiary/aromatic N) is 1. The van der Waals surface area contributed by atoms with Gasteiger partial charge in [0.1, 0.15) is 5.15 Å². The minimum absolute atomic E-state index is 0.0905. The number of carbonyl (C=O) groups excluding carboxylic acids is 1. The van der Waals surface area contributed by atoms with Crippen molar-refractivity contribution in [3.05, 3.63) is 62.8 Å². The van der Waals surface area contributed by atoms with Crippen LogP contribution in [0.15, 0.2) is 40.9 Å². The third kappa shape index (κ3) is 3.81. The van der Waals surface area contributed by atoms with Gasteiger partial charge in [-0.15, -0.1) is 0 Å². The molecule has 0 aliphatic rings. The summed E-state index contributed by atoms with van der Waals surface area (Å²) in [6.07, 6.45) is 0. The van der Waals surface area contributed by atoms with Gasteiger partial charge in [0.2, 0.25) is 0 Å². The Morgan fingerprint density at radius 2 is 2.10 bits per heavy atom. The average Bonchev–Trinajstić information content (AvgIpc) is 2.37. The molecule has 0 saturated carbocycles. The Bertz CT molecular complexity index is 625. The van der Waals surface area contributed by atoms with Crippen LogP contribution in [0.4, 0.5) is 0 Å². The predicted octanol–water partition coefficient (Wildman–Crippen LogP) is 4.30. The van der Waals surface area contributed by atoms with Crippen LogP contribution in [0.25, 0.3) is 0 Å². The molecule has 5 heteroatoms. The van der Waals surface area contributed by atoms with Crippen molar-refractivity contribution in [1.29, 1.82) is 0 Å². The first-order chi connectivity index (χ1) is 9.45. The average molecular weight is 354 g/mol. The number of aryl methyl sites for hydroxylation is 1. The number of halogens is 2. The molecule has 0 saturated heterocycles. The molecule has 1 heterocycles. The van der Waals surface area contributed by atoms with E-state index in [0.29, 0.717) is 10.7 Å². The monoisotopic (exact) mass is 352 g/mol. The largest absolute Gasteiger partial charge is 0.346 e. The Morgan fingerprint density at radius 1 is 1.35 bits per heavy atom. The zero-order chi connectivity index (χ0) is 14.7. The summed E-state index contributed by atoms with van der Waals surface area (Å²) < 4.78 is 0.985. The molecular weight excluding hydrogens is 340 g/mol. The van der Waals surface area contributed by atoms with Gasteiger partial charge in [0.25, 0.3) is 5.91 Å². The van der Waals surface area contributed by atoms with Gasteiger partial charge < -0.3 is 5.32 Å². The number of aromatic nitrogens is 1. The van der Waals surface area contributed by atoms with Crippen LogP contribution >= 0.6 is 27.5 Å². The van der Waals surface area contributed by atoms with E-state index in [1.165, 1.54) is 0 Å². The lowest BCUT2D eigenvalue weighted by atomic mass is 10.1. The second kappa shape index (κ2) is 6.37. The van der Waals surface area contributed by atoms with Gasteiger partial charge >= 0.3 is 0 Å². The van der Waals surface area contributed by atoms with Gasteiger partial charge in [-0.1, -0.05) is 39.7 Å². The third-order valence-electron chi connectivity index (χ3n) is 2.88. The van der Waals surface area contributed by atoms with Gasteiger partial charge in [-0.2, -0.15) is 0 Å². The maximum absolute atomic E-state index is 12.2. The van der Waals surface area contributed by atoms with Gasteiger partial charge in [0.05, 0.1) is 6.04 Å². The standard InChI is InChI=1S/C15H14BrClN2O/c1-9-6-12(8-14(17)18-9)15(20)19-10(2)11-4-3-5-13(16)7-11/h3-8,10H,1-2H3,(H,19,20). The van der Waals surface area contributed by atoms with Gasteiger partial charge in [-0.05, 0) is 43.7 Å². The van der Waals surface area contributed by atoms with E-state index in [2.05, 4.69) is 26.2 Å². The Balaban J connectivity index is 2.15. The molecule has 2 aromatic rings. The van der Waals surface area contributed by atoms with Crippen molar-refractivity contribution >= 4 is 33.4 Å². The molecule has 0 spiro atoms. The highest BCUT2D eigenvalue weighted by Gasteiger charge is 2.13. The van der Waals surface area contributed by atoms with Crippen molar-refractivity contribution in [2.24, 2.45) is 0 Å². The fourth-order valence-electron chi connectivity index (χ4n) is 1.90. The second-order valence-corrected chi connectivity index (χ2v) is 5.87. The molecule has 2 rings (SSSR count). The first-order valence-corrected chi connectivity index (χ1v) is 7.33. The number of rotatable bonds is 3. The molecule has 0 aliphatic heterocycles. The summed E-state index contributed by atoms with van der Waals surface area (Å²) in [5.74, 6) is -0.162. The van der Waals surface area contributed by atoms with Crippen LogP contribution in [0.5, 0.6) is 0 Å². The molecule has 1 unspecified atom stereocenters. The van der Waals surface area contributed by atoms with Crippen molar-refractivity contribution in [1.82, 2.24) is 10.3 Å². The lowest BCUT2D eigenvalue weighted by molar-refractivity contribution is 0.0939. The molecule has 0 bridgehead atoms. The van der Waals surface area contributed by atoms with Crippen molar-refractivity contribution in [2.75, 3.05) is 0 Å². The van der Waals surface area contributed by atoms with Crippen LogP contribution in [0.3, 0.4) is 0 Å². The zero-order valence-electron chi connectivity index (χ0n) is 11.2. The second-order valence-electron chi connectivity index (χ2n) is 4.57. The molecular formula is C15H14BrClN2O. The maximum atomic E-state index is 12.2. The molecule has 0 aliphatic carbocycles. The number of hydrogen-bond donors (Lipinski definition) is 1. The highest BCUT2D eigenvalue weighted by Crippen LogP contribution is 2.19. The molecule has 0 radical (unpaired) electrons. The molecule has 104 valence electrons. The predicted molar refractivity (Wildman–Crippen MR) is 84.0 cm³/mol. The summed E-state index contributed by atoms with van der Waals surface area (Å²) in [5, 5.41) is 3.27. The van der Waals surface area contributed by atoms with E-state index < -0.39 is 0 Å². The van der Waals surface area contributed by atoms with Crippen molar-refractivity contribution in [3.8, 4) is 0 Å². The van der Waals surface area contributed by atoms with E-state index in [1.54, 1.807) is 19.1 Å². The molecule has 3 nitrogen and oxygen atoms in total. The summed E-state index contributed by atoms with van der Waals surface area (Å²) in [7, 11) is 0. The molecule has 1 aromatic heterocycles. The van der Waals surface area contributed by atoms with Crippen LogP contribution in [0.1, 0.15) is 34.6 Å².